The number of hydrogen-bond donors (Lipinski definition) is 6. The predicted molar refractivity (Wildman–Crippen MR) is 314 cm³/mol. The minimum Gasteiger partial charge on any atom is -0.497 e. The summed E-state index contributed by atoms with van der Waals surface area (Å²) < 4.78 is 52.8. The molecule has 87 heavy (non-hydrogen) atoms. The van der Waals surface area contributed by atoms with E-state index in [4.69, 9.17) is 51.8 Å². The Bertz CT molecular complexity index is 3670. The highest BCUT2D eigenvalue weighted by Crippen LogP contribution is 2.39. The molecule has 1 saturated heterocycles. The van der Waals surface area contributed by atoms with E-state index in [1.165, 1.54) is 7.11 Å². The lowest BCUT2D eigenvalue weighted by Gasteiger charge is -2.38. The highest BCUT2D eigenvalue weighted by Gasteiger charge is 2.42. The number of esters is 2. The molecule has 0 bridgehead atoms. The largest absolute Gasteiger partial charge is 0.497 e. The standard InChI is InChI=1S/C26H29NO9.C20H19NO5.C19H17NO5/c1-14-24(29)26(31)25(30)20(35-14)13-34-21(28)12-19-22(15-4-8-17(32-2)9-5-15)23(27-36-19)16-6-10-18(33-3)11-7-16;1-24-16-9-7-14(8-10-16)19-17(11-18(23)25-2)26-21-20(19)15-5-3-13(12-22)4-6-15;1-24-15-8-6-13(7-9-15)18-16(10-17(22)23)25-20-19(18)14-4-2-12(11-21)3-5-14/h4-11,14,20,24-26,29-31H,12-13H2,1-3H3;3-10,22H,11-12H2,1-2H3;2-9,21H,10-11H2,1H3,(H,22,23). The van der Waals surface area contributed by atoms with Crippen LogP contribution in [-0.2, 0) is 61.1 Å². The van der Waals surface area contributed by atoms with Gasteiger partial charge in [0.2, 0.25) is 0 Å². The van der Waals surface area contributed by atoms with Gasteiger partial charge in [0.05, 0.1) is 71.6 Å². The molecule has 0 aliphatic carbocycles. The van der Waals surface area contributed by atoms with Crippen molar-refractivity contribution in [2.45, 2.75) is 69.9 Å². The molecule has 1 fully saturated rings. The number of rotatable bonds is 20. The third kappa shape index (κ3) is 15.6. The summed E-state index contributed by atoms with van der Waals surface area (Å²) in [5.74, 6) is 1.79. The first-order valence-electron chi connectivity index (χ1n) is 27.2. The van der Waals surface area contributed by atoms with Gasteiger partial charge in [0.1, 0.15) is 90.4 Å². The third-order valence-electron chi connectivity index (χ3n) is 14.1. The second-order valence-corrected chi connectivity index (χ2v) is 19.6. The Morgan fingerprint density at radius 1 is 0.437 bits per heavy atom. The van der Waals surface area contributed by atoms with Crippen LogP contribution in [-0.4, -0.2) is 137 Å². The molecule has 4 heterocycles. The van der Waals surface area contributed by atoms with E-state index in [2.05, 4.69) is 15.5 Å². The normalized spacial score (nSPS) is 16.1. The molecule has 6 N–H and O–H groups in total. The van der Waals surface area contributed by atoms with Crippen LogP contribution in [0.3, 0.4) is 0 Å². The smallest absolute Gasteiger partial charge is 0.313 e. The van der Waals surface area contributed by atoms with Gasteiger partial charge < -0.3 is 77.4 Å². The summed E-state index contributed by atoms with van der Waals surface area (Å²) in [5, 5.41) is 70.0. The molecule has 22 nitrogen and oxygen atoms in total. The maximum atomic E-state index is 12.7. The van der Waals surface area contributed by atoms with Crippen molar-refractivity contribution in [1.29, 1.82) is 0 Å². The van der Waals surface area contributed by atoms with E-state index >= 15 is 0 Å². The van der Waals surface area contributed by atoms with Crippen LogP contribution < -0.4 is 18.9 Å². The maximum Gasteiger partial charge on any atom is 0.313 e. The van der Waals surface area contributed by atoms with Gasteiger partial charge in [-0.2, -0.15) is 0 Å². The molecule has 6 aromatic carbocycles. The zero-order chi connectivity index (χ0) is 62.1. The van der Waals surface area contributed by atoms with Crippen LogP contribution >= 0.6 is 0 Å². The van der Waals surface area contributed by atoms with Gasteiger partial charge in [-0.05, 0) is 95.4 Å². The fraction of sp³-hybridized carbons (Fsp3) is 0.262. The van der Waals surface area contributed by atoms with Gasteiger partial charge >= 0.3 is 17.9 Å². The quantitative estimate of drug-likeness (QED) is 0.0390. The summed E-state index contributed by atoms with van der Waals surface area (Å²) in [6, 6.07) is 43.9. The van der Waals surface area contributed by atoms with E-state index in [9.17, 15) is 39.9 Å². The molecule has 22 heteroatoms. The average molecular weight is 1190 g/mol. The molecule has 1 aliphatic rings. The number of ether oxygens (including phenoxy) is 7. The number of benzene rings is 6. The second kappa shape index (κ2) is 29.9. The first-order chi connectivity index (χ1) is 42.1. The van der Waals surface area contributed by atoms with Crippen LogP contribution in [0.4, 0.5) is 0 Å². The summed E-state index contributed by atoms with van der Waals surface area (Å²) in [7, 11) is 7.68. The molecule has 1 aliphatic heterocycles. The number of methoxy groups -OCH3 is 5. The number of carboxylic acid groups (broad SMARTS) is 1. The van der Waals surface area contributed by atoms with Crippen molar-refractivity contribution in [1.82, 2.24) is 15.5 Å². The highest BCUT2D eigenvalue weighted by molar-refractivity contribution is 5.88. The van der Waals surface area contributed by atoms with Crippen molar-refractivity contribution in [3.05, 3.63) is 174 Å². The van der Waals surface area contributed by atoms with E-state index < -0.39 is 48.4 Å². The number of aliphatic hydroxyl groups excluding tert-OH is 5. The van der Waals surface area contributed by atoms with Crippen molar-refractivity contribution < 1.29 is 91.8 Å². The molecule has 3 aromatic heterocycles. The van der Waals surface area contributed by atoms with E-state index in [-0.39, 0.29) is 39.1 Å². The fourth-order valence-corrected chi connectivity index (χ4v) is 9.35. The van der Waals surface area contributed by atoms with E-state index in [0.717, 1.165) is 55.8 Å². The van der Waals surface area contributed by atoms with Gasteiger partial charge in [-0.25, -0.2) is 0 Å². The Kier molecular flexibility index (Phi) is 21.8. The molecule has 0 spiro atoms. The van der Waals surface area contributed by atoms with Gasteiger partial charge in [-0.1, -0.05) is 100 Å². The van der Waals surface area contributed by atoms with Crippen molar-refractivity contribution in [2.75, 3.05) is 42.2 Å². The fourth-order valence-electron chi connectivity index (χ4n) is 9.35. The summed E-state index contributed by atoms with van der Waals surface area (Å²) >= 11 is 0. The van der Waals surface area contributed by atoms with E-state index in [0.29, 0.717) is 62.7 Å². The van der Waals surface area contributed by atoms with Crippen LogP contribution in [0, 0.1) is 0 Å². The Hall–Kier alpha value is -9.68. The SMILES string of the molecule is COC(=O)Cc1onc(-c2ccc(CO)cc2)c1-c1ccc(OC)cc1.COc1ccc(-c2c(-c3ccc(CO)cc3)noc2CC(=O)O)cc1.COc1ccc(-c2noc(CC(=O)OCC3OC(C)C(O)C(O)C3O)c2-c2ccc(OC)cc2)cc1. The zero-order valence-electron chi connectivity index (χ0n) is 48.3. The third-order valence-corrected chi connectivity index (χ3v) is 14.1. The average Bonchev–Trinajstić information content (AvgIpc) is 2.93. The lowest BCUT2D eigenvalue weighted by Crippen LogP contribution is -2.57. The van der Waals surface area contributed by atoms with Crippen molar-refractivity contribution in [2.24, 2.45) is 0 Å². The van der Waals surface area contributed by atoms with Crippen molar-refractivity contribution in [3.8, 4) is 90.2 Å². The summed E-state index contributed by atoms with van der Waals surface area (Å²) in [6.45, 7) is 1.18. The van der Waals surface area contributed by atoms with Crippen LogP contribution in [0.5, 0.6) is 23.0 Å². The Morgan fingerprint density at radius 3 is 1.08 bits per heavy atom. The number of hydrogen-bond acceptors (Lipinski definition) is 21. The number of aromatic nitrogens is 3. The molecule has 0 radical (unpaired) electrons. The molecular formula is C65H65N3O19. The molecular weight excluding hydrogens is 1130 g/mol. The zero-order valence-corrected chi connectivity index (χ0v) is 48.3. The first kappa shape index (κ1) is 63.3. The Morgan fingerprint density at radius 2 is 0.759 bits per heavy atom. The maximum absolute atomic E-state index is 12.7. The lowest BCUT2D eigenvalue weighted by molar-refractivity contribution is -0.227. The minimum atomic E-state index is -1.40. The van der Waals surface area contributed by atoms with Crippen LogP contribution in [0.15, 0.2) is 159 Å². The predicted octanol–water partition coefficient (Wildman–Crippen LogP) is 8.34. The van der Waals surface area contributed by atoms with Crippen LogP contribution in [0.25, 0.3) is 67.2 Å². The molecule has 10 rings (SSSR count). The lowest BCUT2D eigenvalue weighted by atomic mass is 9.96. The monoisotopic (exact) mass is 1190 g/mol. The highest BCUT2D eigenvalue weighted by atomic mass is 16.6. The number of nitrogens with zero attached hydrogens (tertiary/aromatic N) is 3. The number of carbonyl (C=O) groups is 3. The second-order valence-electron chi connectivity index (χ2n) is 19.6. The van der Waals surface area contributed by atoms with Crippen molar-refractivity contribution in [3.63, 3.8) is 0 Å². The van der Waals surface area contributed by atoms with E-state index in [1.807, 2.05) is 97.1 Å². The topological polar surface area (TPSA) is 315 Å². The Labute approximate surface area is 499 Å². The molecule has 5 atom stereocenters. The summed E-state index contributed by atoms with van der Waals surface area (Å²) in [6.07, 6.45) is -6.24. The van der Waals surface area contributed by atoms with Gasteiger partial charge in [-0.3, -0.25) is 14.4 Å². The van der Waals surface area contributed by atoms with Gasteiger partial charge in [0.25, 0.3) is 0 Å². The molecule has 9 aromatic rings. The Balaban J connectivity index is 0.000000173. The number of carboxylic acids is 1. The minimum absolute atomic E-state index is 0.0143. The van der Waals surface area contributed by atoms with Gasteiger partial charge in [0, 0.05) is 16.7 Å². The van der Waals surface area contributed by atoms with Crippen LogP contribution in [0.1, 0.15) is 35.3 Å². The molecule has 0 saturated carbocycles. The summed E-state index contributed by atoms with van der Waals surface area (Å²) in [4.78, 5) is 35.6. The van der Waals surface area contributed by atoms with Gasteiger partial charge in [0.15, 0.2) is 17.3 Å². The first-order valence-corrected chi connectivity index (χ1v) is 27.2. The van der Waals surface area contributed by atoms with E-state index in [1.54, 1.807) is 83.9 Å². The number of aliphatic hydroxyl groups is 5. The molecule has 454 valence electrons. The summed E-state index contributed by atoms with van der Waals surface area (Å²) in [5.41, 5.74) is 10.1. The van der Waals surface area contributed by atoms with Crippen molar-refractivity contribution >= 4 is 17.9 Å². The van der Waals surface area contributed by atoms with Crippen LogP contribution in [0.2, 0.25) is 0 Å². The number of carbonyl (C=O) groups excluding carboxylic acids is 2. The molecule has 0 amide bonds. The molecule has 5 unspecified atom stereocenters. The van der Waals surface area contributed by atoms with Gasteiger partial charge in [-0.15, -0.1) is 0 Å². The number of aliphatic carboxylic acids is 1.